The second-order valence-corrected chi connectivity index (χ2v) is 23.0. The van der Waals surface area contributed by atoms with E-state index in [1.807, 2.05) is 0 Å². The summed E-state index contributed by atoms with van der Waals surface area (Å²) in [4.78, 5) is 0. The minimum absolute atomic E-state index is 1.33. The van der Waals surface area contributed by atoms with Crippen molar-refractivity contribution in [1.29, 1.82) is 0 Å². The van der Waals surface area contributed by atoms with Gasteiger partial charge in [-0.2, -0.15) is 0 Å². The lowest BCUT2D eigenvalue weighted by Gasteiger charge is -2.15. The Morgan fingerprint density at radius 1 is 0.146 bits per heavy atom. The quantitative estimate of drug-likeness (QED) is 0.142. The van der Waals surface area contributed by atoms with Gasteiger partial charge in [0.25, 0.3) is 0 Å². The van der Waals surface area contributed by atoms with Crippen molar-refractivity contribution in [3.05, 3.63) is 317 Å². The Morgan fingerprint density at radius 2 is 0.378 bits per heavy atom. The van der Waals surface area contributed by atoms with E-state index in [2.05, 4.69) is 346 Å². The van der Waals surface area contributed by atoms with Crippen molar-refractivity contribution >= 4 is 32.3 Å². The molecule has 0 aliphatic rings. The fraction of sp³-hybridized carbons (Fsp3) is 0.268. The van der Waals surface area contributed by atoms with Gasteiger partial charge in [0.05, 0.1) is 0 Å². The highest BCUT2D eigenvalue weighted by Gasteiger charge is 2.08. The zero-order valence-electron chi connectivity index (χ0n) is 54.5. The Morgan fingerprint density at radius 3 is 0.659 bits per heavy atom. The van der Waals surface area contributed by atoms with Crippen molar-refractivity contribution in [1.82, 2.24) is 0 Å². The molecule has 426 valence electrons. The second-order valence-electron chi connectivity index (χ2n) is 23.0. The molecule has 11 aromatic carbocycles. The summed E-state index contributed by atoms with van der Waals surface area (Å²) in [5.41, 5.74) is 30.4. The smallest absolute Gasteiger partial charge is 0.0152 e. The molecule has 0 amide bonds. The second kappa shape index (κ2) is 32.6. The summed E-state index contributed by atoms with van der Waals surface area (Å²) in [7, 11) is 0. The summed E-state index contributed by atoms with van der Waals surface area (Å²) in [5.74, 6) is 0. The summed E-state index contributed by atoms with van der Waals surface area (Å²) in [5, 5.41) is 8.16. The van der Waals surface area contributed by atoms with Gasteiger partial charge in [-0.05, 0) is 274 Å². The molecule has 0 saturated carbocycles. The lowest BCUT2D eigenvalue weighted by Crippen LogP contribution is -1.98. The van der Waals surface area contributed by atoms with Gasteiger partial charge in [0.1, 0.15) is 0 Å². The molecule has 0 aliphatic carbocycles. The maximum atomic E-state index is 2.24. The van der Waals surface area contributed by atoms with Crippen molar-refractivity contribution in [2.24, 2.45) is 0 Å². The van der Waals surface area contributed by atoms with Crippen molar-refractivity contribution < 1.29 is 0 Å². The summed E-state index contributed by atoms with van der Waals surface area (Å²) in [6.07, 6.45) is 0. The third-order valence-corrected chi connectivity index (χ3v) is 16.2. The summed E-state index contributed by atoms with van der Waals surface area (Å²) in [6, 6.07) is 68.7. The van der Waals surface area contributed by atoms with E-state index in [0.717, 1.165) is 0 Å². The minimum Gasteiger partial charge on any atom is -0.0620 e. The molecule has 11 aromatic rings. The first kappa shape index (κ1) is 66.7. The van der Waals surface area contributed by atoms with E-state index >= 15 is 0 Å². The van der Waals surface area contributed by atoms with E-state index in [1.165, 1.54) is 155 Å². The van der Waals surface area contributed by atoms with Crippen LogP contribution in [-0.2, 0) is 0 Å². The van der Waals surface area contributed by atoms with Gasteiger partial charge in [-0.3, -0.25) is 0 Å². The Hall–Kier alpha value is -7.80. The van der Waals surface area contributed by atoms with E-state index in [1.54, 1.807) is 0 Å². The highest BCUT2D eigenvalue weighted by molar-refractivity contribution is 5.89. The fourth-order valence-electron chi connectivity index (χ4n) is 9.61. The highest BCUT2D eigenvalue weighted by atomic mass is 14.1. The predicted molar refractivity (Wildman–Crippen MR) is 368 cm³/mol. The van der Waals surface area contributed by atoms with Gasteiger partial charge >= 0.3 is 0 Å². The molecule has 0 nitrogen and oxygen atoms in total. The van der Waals surface area contributed by atoms with E-state index in [0.29, 0.717) is 0 Å². The topological polar surface area (TPSA) is 0 Å². The number of aryl methyl sites for hydroxylation is 16. The highest BCUT2D eigenvalue weighted by Crippen LogP contribution is 2.26. The summed E-state index contributed by atoms with van der Waals surface area (Å²) >= 11 is 0. The van der Waals surface area contributed by atoms with E-state index in [4.69, 9.17) is 0 Å². The van der Waals surface area contributed by atoms with Crippen LogP contribution in [-0.4, -0.2) is 0 Å². The molecule has 0 heteroatoms. The van der Waals surface area contributed by atoms with Crippen LogP contribution in [0.15, 0.2) is 194 Å². The maximum absolute atomic E-state index is 2.24. The van der Waals surface area contributed by atoms with Crippen LogP contribution in [0, 0.1) is 152 Å². The molecule has 0 aromatic heterocycles. The van der Waals surface area contributed by atoms with Crippen LogP contribution in [0.5, 0.6) is 0 Å². The minimum atomic E-state index is 1.33. The monoisotopic (exact) mass is 1080 g/mol. The van der Waals surface area contributed by atoms with Crippen LogP contribution in [0.3, 0.4) is 0 Å². The molecule has 0 N–H and O–H groups in total. The normalized spacial score (nSPS) is 10.1. The van der Waals surface area contributed by atoms with E-state index in [9.17, 15) is 0 Å². The third-order valence-electron chi connectivity index (χ3n) is 16.2. The molecular weight excluding hydrogens is 985 g/mol. The van der Waals surface area contributed by atoms with Gasteiger partial charge in [-0.25, -0.2) is 0 Å². The predicted octanol–water partition coefficient (Wildman–Crippen LogP) is 23.7. The molecule has 11 rings (SSSR count). The first-order chi connectivity index (χ1) is 38.8. The maximum Gasteiger partial charge on any atom is -0.0152 e. The molecule has 0 radical (unpaired) electrons. The zero-order chi connectivity index (χ0) is 60.8. The Bertz CT molecular complexity index is 3430. The molecule has 0 atom stereocenters. The largest absolute Gasteiger partial charge is 0.0620 e. The molecular formula is C82H98. The molecule has 0 fully saturated rings. The zero-order valence-corrected chi connectivity index (χ0v) is 54.5. The summed E-state index contributed by atoms with van der Waals surface area (Å²) < 4.78 is 0. The van der Waals surface area contributed by atoms with Crippen molar-refractivity contribution in [2.75, 3.05) is 0 Å². The Balaban J connectivity index is 0.000000203. The first-order valence-corrected chi connectivity index (χ1v) is 29.3. The van der Waals surface area contributed by atoms with Crippen LogP contribution < -0.4 is 0 Å². The Kier molecular flexibility index (Phi) is 26.5. The Labute approximate surface area is 498 Å². The van der Waals surface area contributed by atoms with Crippen molar-refractivity contribution in [3.63, 3.8) is 0 Å². The van der Waals surface area contributed by atoms with Crippen molar-refractivity contribution in [2.45, 2.75) is 152 Å². The number of hydrogen-bond acceptors (Lipinski definition) is 0. The summed E-state index contributed by atoms with van der Waals surface area (Å²) in [6.45, 7) is 47.4. The standard InChI is InChI=1S/3C12H12.C12H18.C10H14.3C8H10/c1-9-3-5-12-8-10(2)4-6-11(12)7-9;1-9-5-3-8-12-10(2)6-4-7-11(9)12;1-9-7-8-10(2)12-6-4-3-5-11(9)12;1-7-8(2)10(4)12(6)11(5)9(7)3;1-7-5-9(3)10(4)6-8(7)2;1-7-3-5-8(2)6-4-7;1-7-4-3-5-8(2)6-7;1-7-5-3-4-6-8(7)2/h3*3-8H,1-2H3;1-6H3;5-6H,1-4H3;3*3-6H,1-2H3. The van der Waals surface area contributed by atoms with Crippen LogP contribution in [0.2, 0.25) is 0 Å². The van der Waals surface area contributed by atoms with Gasteiger partial charge < -0.3 is 0 Å². The first-order valence-electron chi connectivity index (χ1n) is 29.3. The molecule has 0 unspecified atom stereocenters. The van der Waals surface area contributed by atoms with Crippen molar-refractivity contribution in [3.8, 4) is 0 Å². The van der Waals surface area contributed by atoms with Gasteiger partial charge in [0, 0.05) is 0 Å². The van der Waals surface area contributed by atoms with E-state index < -0.39 is 0 Å². The number of hydrogen-bond donors (Lipinski definition) is 0. The number of benzene rings is 11. The van der Waals surface area contributed by atoms with E-state index in [-0.39, 0.29) is 0 Å². The molecule has 0 heterocycles. The van der Waals surface area contributed by atoms with Gasteiger partial charge in [0.2, 0.25) is 0 Å². The van der Waals surface area contributed by atoms with Gasteiger partial charge in [-0.1, -0.05) is 228 Å². The average Bonchev–Trinajstić information content (AvgIpc) is 3.55. The van der Waals surface area contributed by atoms with Crippen LogP contribution in [0.4, 0.5) is 0 Å². The lowest BCUT2D eigenvalue weighted by atomic mass is 9.90. The fourth-order valence-corrected chi connectivity index (χ4v) is 9.61. The van der Waals surface area contributed by atoms with Gasteiger partial charge in [-0.15, -0.1) is 0 Å². The van der Waals surface area contributed by atoms with Crippen LogP contribution in [0.25, 0.3) is 32.3 Å². The van der Waals surface area contributed by atoms with Crippen LogP contribution >= 0.6 is 0 Å². The SMILES string of the molecule is Cc1c(C)c(C)c(C)c(C)c1C.Cc1cc(C)c(C)cc1C.Cc1ccc(C)c2ccccc12.Cc1ccc(C)cc1.Cc1ccc2cc(C)ccc2c1.Cc1cccc(C)c1.Cc1cccc2c(C)cccc12.Cc1ccccc1C. The lowest BCUT2D eigenvalue weighted by molar-refractivity contribution is 1.13. The molecule has 0 saturated heterocycles. The number of rotatable bonds is 0. The molecule has 0 spiro atoms. The average molecular weight is 1080 g/mol. The third kappa shape index (κ3) is 20.6. The molecule has 0 bridgehead atoms. The number of fused-ring (bicyclic) bond motifs is 3. The molecule has 82 heavy (non-hydrogen) atoms. The van der Waals surface area contributed by atoms with Gasteiger partial charge in [0.15, 0.2) is 0 Å². The molecule has 0 aliphatic heterocycles. The van der Waals surface area contributed by atoms with Crippen LogP contribution in [0.1, 0.15) is 122 Å².